The third-order valence-electron chi connectivity index (χ3n) is 4.55. The molecule has 0 spiro atoms. The number of aromatic nitrogens is 1. The van der Waals surface area contributed by atoms with E-state index >= 15 is 0 Å². The van der Waals surface area contributed by atoms with Crippen molar-refractivity contribution in [3.8, 4) is 6.07 Å². The summed E-state index contributed by atoms with van der Waals surface area (Å²) in [6, 6.07) is 9.96. The first kappa shape index (κ1) is 14.1. The first-order valence-electron chi connectivity index (χ1n) is 7.64. The summed E-state index contributed by atoms with van der Waals surface area (Å²) in [6.07, 6.45) is 4.18. The van der Waals surface area contributed by atoms with Gasteiger partial charge in [0.1, 0.15) is 6.23 Å². The number of aromatic amines is 1. The standard InChI is InChI=1S/C17H21N3O/c1-11-4-2-3-5-14(11)20-17(21)16-9-13-7-6-12(10-18)8-15(13)19-16/h6-9,11,14,17,19-21H,2-5H2,1H3/t11-,14+,17?/m0/s1. The molecule has 1 aromatic carbocycles. The predicted octanol–water partition coefficient (Wildman–Crippen LogP) is 3.20. The number of aliphatic hydroxyl groups is 1. The molecule has 1 unspecified atom stereocenters. The molecule has 0 bridgehead atoms. The lowest BCUT2D eigenvalue weighted by Gasteiger charge is -2.31. The Balaban J connectivity index is 1.78. The fraction of sp³-hybridized carbons (Fsp3) is 0.471. The lowest BCUT2D eigenvalue weighted by atomic mass is 9.86. The van der Waals surface area contributed by atoms with E-state index in [-0.39, 0.29) is 0 Å². The molecule has 1 heterocycles. The van der Waals surface area contributed by atoms with Gasteiger partial charge in [-0.25, -0.2) is 0 Å². The van der Waals surface area contributed by atoms with Gasteiger partial charge < -0.3 is 10.1 Å². The van der Waals surface area contributed by atoms with Gasteiger partial charge in [-0.3, -0.25) is 5.32 Å². The molecule has 0 saturated heterocycles. The highest BCUT2D eigenvalue weighted by atomic mass is 16.3. The molecule has 0 amide bonds. The van der Waals surface area contributed by atoms with Crippen molar-refractivity contribution in [2.24, 2.45) is 5.92 Å². The molecule has 3 rings (SSSR count). The minimum Gasteiger partial charge on any atom is -0.373 e. The Morgan fingerprint density at radius 3 is 2.90 bits per heavy atom. The molecule has 110 valence electrons. The second-order valence-corrected chi connectivity index (χ2v) is 6.08. The Morgan fingerprint density at radius 2 is 2.14 bits per heavy atom. The number of hydrogen-bond donors (Lipinski definition) is 3. The zero-order valence-corrected chi connectivity index (χ0v) is 12.3. The van der Waals surface area contributed by atoms with Gasteiger partial charge in [-0.15, -0.1) is 0 Å². The van der Waals surface area contributed by atoms with Gasteiger partial charge in [0.25, 0.3) is 0 Å². The Hall–Kier alpha value is -1.83. The molecule has 3 N–H and O–H groups in total. The SMILES string of the molecule is C[C@H]1CCCC[C@H]1NC(O)c1cc2ccc(C#N)cc2[nH]1. The van der Waals surface area contributed by atoms with Crippen LogP contribution in [0, 0.1) is 17.2 Å². The van der Waals surface area contributed by atoms with Crippen LogP contribution < -0.4 is 5.32 Å². The van der Waals surface area contributed by atoms with E-state index in [9.17, 15) is 5.11 Å². The minimum atomic E-state index is -0.687. The smallest absolute Gasteiger partial charge is 0.146 e. The largest absolute Gasteiger partial charge is 0.373 e. The number of nitrogens with one attached hydrogen (secondary N) is 2. The van der Waals surface area contributed by atoms with Crippen LogP contribution in [0.2, 0.25) is 0 Å². The van der Waals surface area contributed by atoms with Crippen LogP contribution in [0.15, 0.2) is 24.3 Å². The zero-order valence-electron chi connectivity index (χ0n) is 12.3. The highest BCUT2D eigenvalue weighted by Gasteiger charge is 2.24. The molecule has 21 heavy (non-hydrogen) atoms. The highest BCUT2D eigenvalue weighted by molar-refractivity contribution is 5.81. The molecule has 1 fully saturated rings. The summed E-state index contributed by atoms with van der Waals surface area (Å²) in [7, 11) is 0. The van der Waals surface area contributed by atoms with Crippen molar-refractivity contribution in [3.05, 3.63) is 35.5 Å². The summed E-state index contributed by atoms with van der Waals surface area (Å²) >= 11 is 0. The number of nitriles is 1. The second-order valence-electron chi connectivity index (χ2n) is 6.08. The zero-order chi connectivity index (χ0) is 14.8. The number of fused-ring (bicyclic) bond motifs is 1. The molecule has 1 aliphatic rings. The lowest BCUT2D eigenvalue weighted by Crippen LogP contribution is -2.39. The molecule has 0 radical (unpaired) electrons. The molecule has 3 atom stereocenters. The van der Waals surface area contributed by atoms with E-state index in [1.807, 2.05) is 18.2 Å². The highest BCUT2D eigenvalue weighted by Crippen LogP contribution is 2.26. The number of H-pyrrole nitrogens is 1. The van der Waals surface area contributed by atoms with Crippen molar-refractivity contribution in [3.63, 3.8) is 0 Å². The quantitative estimate of drug-likeness (QED) is 0.757. The summed E-state index contributed by atoms with van der Waals surface area (Å²) in [4.78, 5) is 3.21. The summed E-state index contributed by atoms with van der Waals surface area (Å²) < 4.78 is 0. The summed E-state index contributed by atoms with van der Waals surface area (Å²) in [5.41, 5.74) is 2.28. The van der Waals surface area contributed by atoms with E-state index in [1.165, 1.54) is 19.3 Å². The third kappa shape index (κ3) is 2.94. The van der Waals surface area contributed by atoms with Crippen LogP contribution in [0.25, 0.3) is 10.9 Å². The molecule has 2 aromatic rings. The minimum absolute atomic E-state index is 0.370. The first-order valence-corrected chi connectivity index (χ1v) is 7.64. The number of nitrogens with zero attached hydrogens (tertiary/aromatic N) is 1. The maximum Gasteiger partial charge on any atom is 0.146 e. The summed E-state index contributed by atoms with van der Waals surface area (Å²) in [5.74, 6) is 0.600. The normalized spacial score (nSPS) is 23.9. The van der Waals surface area contributed by atoms with Gasteiger partial charge in [-0.05, 0) is 42.3 Å². The van der Waals surface area contributed by atoms with E-state index in [0.29, 0.717) is 17.5 Å². The van der Waals surface area contributed by atoms with Gasteiger partial charge in [0.05, 0.1) is 17.3 Å². The Labute approximate surface area is 124 Å². The fourth-order valence-corrected chi connectivity index (χ4v) is 3.22. The molecular weight excluding hydrogens is 262 g/mol. The van der Waals surface area contributed by atoms with E-state index < -0.39 is 6.23 Å². The van der Waals surface area contributed by atoms with E-state index in [4.69, 9.17) is 5.26 Å². The maximum atomic E-state index is 10.4. The number of aliphatic hydroxyl groups excluding tert-OH is 1. The Kier molecular flexibility index (Phi) is 3.96. The van der Waals surface area contributed by atoms with Crippen LogP contribution in [0.1, 0.15) is 50.1 Å². The van der Waals surface area contributed by atoms with Crippen molar-refractivity contribution in [2.45, 2.75) is 44.9 Å². The Bertz CT molecular complexity index is 670. The topological polar surface area (TPSA) is 71.8 Å². The van der Waals surface area contributed by atoms with Crippen LogP contribution in [0.5, 0.6) is 0 Å². The third-order valence-corrected chi connectivity index (χ3v) is 4.55. The fourth-order valence-electron chi connectivity index (χ4n) is 3.22. The molecule has 4 nitrogen and oxygen atoms in total. The first-order chi connectivity index (χ1) is 10.2. The van der Waals surface area contributed by atoms with E-state index in [2.05, 4.69) is 23.3 Å². The van der Waals surface area contributed by atoms with Crippen molar-refractivity contribution in [2.75, 3.05) is 0 Å². The lowest BCUT2D eigenvalue weighted by molar-refractivity contribution is 0.0963. The molecular formula is C17H21N3O. The van der Waals surface area contributed by atoms with Crippen LogP contribution in [-0.2, 0) is 0 Å². The van der Waals surface area contributed by atoms with Crippen LogP contribution >= 0.6 is 0 Å². The van der Waals surface area contributed by atoms with Crippen molar-refractivity contribution >= 4 is 10.9 Å². The van der Waals surface area contributed by atoms with Crippen molar-refractivity contribution in [1.29, 1.82) is 5.26 Å². The number of benzene rings is 1. The van der Waals surface area contributed by atoms with Crippen LogP contribution in [-0.4, -0.2) is 16.1 Å². The molecule has 1 saturated carbocycles. The molecule has 0 aliphatic heterocycles. The van der Waals surface area contributed by atoms with Gasteiger partial charge in [0, 0.05) is 11.6 Å². The second kappa shape index (κ2) is 5.88. The van der Waals surface area contributed by atoms with Gasteiger partial charge in [-0.1, -0.05) is 25.8 Å². The van der Waals surface area contributed by atoms with Crippen molar-refractivity contribution in [1.82, 2.24) is 10.3 Å². The predicted molar refractivity (Wildman–Crippen MR) is 82.5 cm³/mol. The van der Waals surface area contributed by atoms with E-state index in [0.717, 1.165) is 23.0 Å². The monoisotopic (exact) mass is 283 g/mol. The number of rotatable bonds is 3. The van der Waals surface area contributed by atoms with Gasteiger partial charge >= 0.3 is 0 Å². The average Bonchev–Trinajstić information content (AvgIpc) is 2.92. The van der Waals surface area contributed by atoms with E-state index in [1.54, 1.807) is 6.07 Å². The molecule has 1 aromatic heterocycles. The van der Waals surface area contributed by atoms with Gasteiger partial charge in [0.2, 0.25) is 0 Å². The summed E-state index contributed by atoms with van der Waals surface area (Å²) in [5, 5.41) is 23.7. The molecule has 1 aliphatic carbocycles. The van der Waals surface area contributed by atoms with Gasteiger partial charge in [0.15, 0.2) is 0 Å². The summed E-state index contributed by atoms with van der Waals surface area (Å²) in [6.45, 7) is 2.24. The van der Waals surface area contributed by atoms with Crippen LogP contribution in [0.3, 0.4) is 0 Å². The number of hydrogen-bond acceptors (Lipinski definition) is 3. The van der Waals surface area contributed by atoms with Crippen molar-refractivity contribution < 1.29 is 5.11 Å². The van der Waals surface area contributed by atoms with Gasteiger partial charge in [-0.2, -0.15) is 5.26 Å². The van der Waals surface area contributed by atoms with Crippen LogP contribution in [0.4, 0.5) is 0 Å². The average molecular weight is 283 g/mol. The maximum absolute atomic E-state index is 10.4. The Morgan fingerprint density at radius 1 is 1.33 bits per heavy atom. The molecule has 4 heteroatoms.